The van der Waals surface area contributed by atoms with Crippen LogP contribution in [0.1, 0.15) is 57.8 Å². The van der Waals surface area contributed by atoms with Crippen LogP contribution in [-0.2, 0) is 9.53 Å². The molecule has 0 atom stereocenters. The van der Waals surface area contributed by atoms with Crippen LogP contribution in [0.2, 0.25) is 0 Å². The first-order valence-electron chi connectivity index (χ1n) is 9.79. The third-order valence-corrected chi connectivity index (χ3v) is 5.70. The zero-order valence-corrected chi connectivity index (χ0v) is 19.0. The summed E-state index contributed by atoms with van der Waals surface area (Å²) >= 11 is 0. The second-order valence-corrected chi connectivity index (χ2v) is 7.88. The Morgan fingerprint density at radius 3 is 2.42 bits per heavy atom. The number of hydrogen-bond donors (Lipinski definition) is 2. The zero-order valence-electron chi connectivity index (χ0n) is 16.7. The Bertz CT molecular complexity index is 445. The predicted octanol–water partition coefficient (Wildman–Crippen LogP) is 2.77. The molecule has 2 saturated carbocycles. The van der Waals surface area contributed by atoms with Gasteiger partial charge in [-0.1, -0.05) is 25.7 Å². The van der Waals surface area contributed by atoms with E-state index < -0.39 is 0 Å². The first kappa shape index (κ1) is 23.5. The Hall–Kier alpha value is -0.570. The van der Waals surface area contributed by atoms with Crippen molar-refractivity contribution in [2.24, 2.45) is 10.4 Å². The van der Waals surface area contributed by atoms with Crippen molar-refractivity contribution in [2.75, 3.05) is 40.9 Å². The summed E-state index contributed by atoms with van der Waals surface area (Å²) in [5.41, 5.74) is 0.305. The highest BCUT2D eigenvalue weighted by atomic mass is 127. The normalized spacial score (nSPS) is 19.9. The van der Waals surface area contributed by atoms with Crippen molar-refractivity contribution in [3.63, 3.8) is 0 Å². The van der Waals surface area contributed by atoms with Crippen LogP contribution in [0.5, 0.6) is 0 Å². The van der Waals surface area contributed by atoms with Gasteiger partial charge < -0.3 is 20.3 Å². The van der Waals surface area contributed by atoms with Gasteiger partial charge in [-0.25, -0.2) is 4.99 Å². The van der Waals surface area contributed by atoms with Gasteiger partial charge in [-0.15, -0.1) is 24.0 Å². The van der Waals surface area contributed by atoms with Crippen molar-refractivity contribution in [1.82, 2.24) is 15.5 Å². The van der Waals surface area contributed by atoms with Gasteiger partial charge in [-0.05, 0) is 37.5 Å². The summed E-state index contributed by atoms with van der Waals surface area (Å²) in [7, 11) is 5.32. The van der Waals surface area contributed by atoms with E-state index in [1.165, 1.54) is 51.4 Å². The van der Waals surface area contributed by atoms with Crippen LogP contribution >= 0.6 is 24.0 Å². The Labute approximate surface area is 175 Å². The minimum absolute atomic E-state index is 0. The summed E-state index contributed by atoms with van der Waals surface area (Å²) in [5.74, 6) is 0.827. The number of nitrogens with zero attached hydrogens (tertiary/aromatic N) is 2. The molecule has 7 heteroatoms. The number of rotatable bonds is 8. The Morgan fingerprint density at radius 2 is 1.85 bits per heavy atom. The number of hydrogen-bond acceptors (Lipinski definition) is 3. The van der Waals surface area contributed by atoms with E-state index in [-0.39, 0.29) is 36.4 Å². The van der Waals surface area contributed by atoms with Gasteiger partial charge in [-0.3, -0.25) is 4.79 Å². The van der Waals surface area contributed by atoms with Crippen LogP contribution in [0.25, 0.3) is 0 Å². The third kappa shape index (κ3) is 7.58. The van der Waals surface area contributed by atoms with E-state index in [9.17, 15) is 4.79 Å². The molecule has 2 fully saturated rings. The van der Waals surface area contributed by atoms with E-state index in [2.05, 4.69) is 15.6 Å². The van der Waals surface area contributed by atoms with Crippen molar-refractivity contribution in [2.45, 2.75) is 63.8 Å². The van der Waals surface area contributed by atoms with Crippen molar-refractivity contribution >= 4 is 35.8 Å². The molecule has 26 heavy (non-hydrogen) atoms. The molecular formula is C19H37IN4O2. The lowest BCUT2D eigenvalue weighted by Crippen LogP contribution is -2.47. The molecule has 2 aliphatic rings. The van der Waals surface area contributed by atoms with Gasteiger partial charge in [0.25, 0.3) is 0 Å². The van der Waals surface area contributed by atoms with Crippen molar-refractivity contribution in [3.8, 4) is 0 Å². The molecule has 0 bridgehead atoms. The molecule has 0 spiro atoms. The monoisotopic (exact) mass is 480 g/mol. The van der Waals surface area contributed by atoms with Gasteiger partial charge in [0.15, 0.2) is 5.96 Å². The van der Waals surface area contributed by atoms with Crippen LogP contribution in [0.4, 0.5) is 0 Å². The van der Waals surface area contributed by atoms with Gasteiger partial charge in [0.1, 0.15) is 6.54 Å². The van der Waals surface area contributed by atoms with E-state index in [1.807, 2.05) is 0 Å². The van der Waals surface area contributed by atoms with E-state index in [4.69, 9.17) is 4.74 Å². The second kappa shape index (κ2) is 12.0. The van der Waals surface area contributed by atoms with Crippen molar-refractivity contribution < 1.29 is 9.53 Å². The lowest BCUT2D eigenvalue weighted by atomic mass is 9.83. The first-order chi connectivity index (χ1) is 12.0. The number of ether oxygens (including phenoxy) is 1. The number of aliphatic imine (C=N–C) groups is 1. The summed E-state index contributed by atoms with van der Waals surface area (Å²) in [4.78, 5) is 18.0. The summed E-state index contributed by atoms with van der Waals surface area (Å²) in [6.45, 7) is 1.91. The quantitative estimate of drug-likeness (QED) is 0.319. The van der Waals surface area contributed by atoms with Crippen LogP contribution in [0.15, 0.2) is 4.99 Å². The number of amides is 1. The van der Waals surface area contributed by atoms with Gasteiger partial charge in [0, 0.05) is 40.4 Å². The van der Waals surface area contributed by atoms with Gasteiger partial charge >= 0.3 is 0 Å². The highest BCUT2D eigenvalue weighted by molar-refractivity contribution is 14.0. The van der Waals surface area contributed by atoms with Crippen LogP contribution in [-0.4, -0.2) is 63.7 Å². The summed E-state index contributed by atoms with van der Waals surface area (Å²) in [6.07, 6.45) is 11.1. The van der Waals surface area contributed by atoms with E-state index in [0.29, 0.717) is 11.5 Å². The first-order valence-corrected chi connectivity index (χ1v) is 9.79. The molecule has 2 rings (SSSR count). The molecule has 1 amide bonds. The number of carbonyl (C=O) groups is 1. The molecule has 0 aliphatic heterocycles. The number of methoxy groups -OCH3 is 1. The summed E-state index contributed by atoms with van der Waals surface area (Å²) in [5, 5.41) is 7.09. The number of halogens is 1. The molecule has 6 nitrogen and oxygen atoms in total. The molecule has 2 N–H and O–H groups in total. The number of likely N-dealkylation sites (N-methyl/N-ethyl adjacent to an activating group) is 1. The molecule has 0 radical (unpaired) electrons. The highest BCUT2D eigenvalue weighted by Gasteiger charge is 2.33. The molecule has 0 unspecified atom stereocenters. The van der Waals surface area contributed by atoms with E-state index >= 15 is 0 Å². The highest BCUT2D eigenvalue weighted by Crippen LogP contribution is 2.40. The fourth-order valence-corrected chi connectivity index (χ4v) is 3.93. The second-order valence-electron chi connectivity index (χ2n) is 7.88. The maximum atomic E-state index is 11.9. The minimum atomic E-state index is 0. The lowest BCUT2D eigenvalue weighted by Gasteiger charge is -2.30. The minimum Gasteiger partial charge on any atom is -0.385 e. The third-order valence-electron chi connectivity index (χ3n) is 5.70. The van der Waals surface area contributed by atoms with E-state index in [0.717, 1.165) is 25.5 Å². The van der Waals surface area contributed by atoms with Crippen molar-refractivity contribution in [1.29, 1.82) is 0 Å². The van der Waals surface area contributed by atoms with Gasteiger partial charge in [-0.2, -0.15) is 0 Å². The predicted molar refractivity (Wildman–Crippen MR) is 117 cm³/mol. The molecule has 0 aromatic heterocycles. The smallest absolute Gasteiger partial charge is 0.243 e. The van der Waals surface area contributed by atoms with Gasteiger partial charge in [0.05, 0.1) is 0 Å². The Kier molecular flexibility index (Phi) is 10.8. The van der Waals surface area contributed by atoms with Gasteiger partial charge in [0.2, 0.25) is 5.91 Å². The van der Waals surface area contributed by atoms with Crippen LogP contribution in [0.3, 0.4) is 0 Å². The zero-order chi connectivity index (χ0) is 18.1. The molecule has 152 valence electrons. The maximum Gasteiger partial charge on any atom is 0.243 e. The fourth-order valence-electron chi connectivity index (χ4n) is 3.93. The molecular weight excluding hydrogens is 443 g/mol. The Balaban J connectivity index is 0.00000338. The fraction of sp³-hybridized carbons (Fsp3) is 0.895. The molecule has 0 aromatic rings. The standard InChI is InChI=1S/C19H36N4O2.HI/c1-23(2)17(24)14-20-18(22-16-8-4-5-9-16)21-15-19(12-13-25-3)10-6-7-11-19;/h16H,4-15H2,1-3H3,(H2,20,21,22);1H. The molecule has 0 heterocycles. The number of guanidine groups is 1. The molecule has 0 aromatic carbocycles. The number of nitrogens with one attached hydrogen (secondary N) is 2. The lowest BCUT2D eigenvalue weighted by molar-refractivity contribution is -0.127. The Morgan fingerprint density at radius 1 is 1.19 bits per heavy atom. The SMILES string of the molecule is COCCC1(CNC(=NCC(=O)N(C)C)NC2CCCC2)CCCC1.I. The van der Waals surface area contributed by atoms with Crippen molar-refractivity contribution in [3.05, 3.63) is 0 Å². The maximum absolute atomic E-state index is 11.9. The molecule has 2 aliphatic carbocycles. The van der Waals surface area contributed by atoms with Crippen LogP contribution < -0.4 is 10.6 Å². The largest absolute Gasteiger partial charge is 0.385 e. The van der Waals surface area contributed by atoms with E-state index in [1.54, 1.807) is 26.1 Å². The number of carbonyl (C=O) groups excluding carboxylic acids is 1. The topological polar surface area (TPSA) is 66.0 Å². The average molecular weight is 480 g/mol. The summed E-state index contributed by atoms with van der Waals surface area (Å²) in [6, 6.07) is 0.485. The molecule has 0 saturated heterocycles. The average Bonchev–Trinajstić information content (AvgIpc) is 3.27. The van der Waals surface area contributed by atoms with Crippen LogP contribution in [0, 0.1) is 5.41 Å². The summed E-state index contributed by atoms with van der Waals surface area (Å²) < 4.78 is 5.32.